The highest BCUT2D eigenvalue weighted by Gasteiger charge is 2.15. The van der Waals surface area contributed by atoms with Crippen LogP contribution in [0.1, 0.15) is 31.4 Å². The van der Waals surface area contributed by atoms with Crippen LogP contribution in [0.15, 0.2) is 30.3 Å². The smallest absolute Gasteiger partial charge is 0.305 e. The van der Waals surface area contributed by atoms with E-state index in [4.69, 9.17) is 5.11 Å². The summed E-state index contributed by atoms with van der Waals surface area (Å²) in [5.41, 5.74) is 2.12. The van der Waals surface area contributed by atoms with Gasteiger partial charge in [0.05, 0.1) is 6.42 Å². The molecule has 0 saturated carbocycles. The van der Waals surface area contributed by atoms with Crippen LogP contribution in [0, 0.1) is 6.92 Å². The Hall–Kier alpha value is -2.10. The summed E-state index contributed by atoms with van der Waals surface area (Å²) in [5, 5.41) is 8.70. The van der Waals surface area contributed by atoms with E-state index in [0.717, 1.165) is 5.56 Å². The number of hydrogen-bond donors (Lipinski definition) is 1. The van der Waals surface area contributed by atoms with Gasteiger partial charge in [-0.05, 0) is 32.4 Å². The lowest BCUT2D eigenvalue weighted by Gasteiger charge is -2.24. The zero-order chi connectivity index (χ0) is 15.1. The molecule has 4 nitrogen and oxygen atoms in total. The van der Waals surface area contributed by atoms with E-state index in [-0.39, 0.29) is 24.9 Å². The zero-order valence-electron chi connectivity index (χ0n) is 12.2. The number of carboxylic acid groups (broad SMARTS) is 1. The van der Waals surface area contributed by atoms with E-state index in [0.29, 0.717) is 0 Å². The quantitative estimate of drug-likeness (QED) is 0.812. The third kappa shape index (κ3) is 5.26. The van der Waals surface area contributed by atoms with Gasteiger partial charge in [0, 0.05) is 18.7 Å². The molecule has 1 amide bonds. The Morgan fingerprint density at radius 2 is 1.85 bits per heavy atom. The molecule has 0 atom stereocenters. The molecular formula is C16H21NO3. The fourth-order valence-corrected chi connectivity index (χ4v) is 1.78. The second kappa shape index (κ2) is 7.48. The molecule has 0 aliphatic carbocycles. The molecule has 1 aromatic carbocycles. The Bertz CT molecular complexity index is 489. The fourth-order valence-electron chi connectivity index (χ4n) is 1.78. The van der Waals surface area contributed by atoms with Crippen molar-refractivity contribution >= 4 is 18.0 Å². The number of aryl methyl sites for hydroxylation is 1. The third-order valence-electron chi connectivity index (χ3n) is 2.97. The Balaban J connectivity index is 2.70. The molecule has 0 bridgehead atoms. The Labute approximate surface area is 119 Å². The number of nitrogens with zero attached hydrogens (tertiary/aromatic N) is 1. The van der Waals surface area contributed by atoms with E-state index in [1.165, 1.54) is 11.6 Å². The highest BCUT2D eigenvalue weighted by atomic mass is 16.4. The van der Waals surface area contributed by atoms with Crippen LogP contribution in [0.2, 0.25) is 0 Å². The fraction of sp³-hybridized carbons (Fsp3) is 0.375. The van der Waals surface area contributed by atoms with Crippen molar-refractivity contribution in [1.29, 1.82) is 0 Å². The van der Waals surface area contributed by atoms with Gasteiger partial charge in [-0.1, -0.05) is 29.8 Å². The number of carbonyl (C=O) groups is 2. The van der Waals surface area contributed by atoms with Crippen molar-refractivity contribution in [2.24, 2.45) is 0 Å². The number of benzene rings is 1. The maximum Gasteiger partial charge on any atom is 0.305 e. The molecule has 0 aliphatic rings. The summed E-state index contributed by atoms with van der Waals surface area (Å²) in [6.45, 7) is 5.98. The summed E-state index contributed by atoms with van der Waals surface area (Å²) in [4.78, 5) is 24.2. The van der Waals surface area contributed by atoms with E-state index in [9.17, 15) is 9.59 Å². The number of amides is 1. The first kappa shape index (κ1) is 16.0. The van der Waals surface area contributed by atoms with Gasteiger partial charge < -0.3 is 10.0 Å². The van der Waals surface area contributed by atoms with Crippen molar-refractivity contribution in [3.8, 4) is 0 Å². The topological polar surface area (TPSA) is 57.6 Å². The SMILES string of the molecule is Cc1ccc(/C=C/C(=O)N(CCC(=O)O)C(C)C)cc1. The van der Waals surface area contributed by atoms with Crippen molar-refractivity contribution in [2.45, 2.75) is 33.2 Å². The molecule has 0 aliphatic heterocycles. The number of carbonyl (C=O) groups excluding carboxylic acids is 1. The molecule has 0 unspecified atom stereocenters. The van der Waals surface area contributed by atoms with Crippen LogP contribution in [0.25, 0.3) is 6.08 Å². The molecule has 0 saturated heterocycles. The summed E-state index contributed by atoms with van der Waals surface area (Å²) in [6.07, 6.45) is 3.20. The van der Waals surface area contributed by atoms with Gasteiger partial charge in [0.2, 0.25) is 5.91 Å². The number of rotatable bonds is 6. The van der Waals surface area contributed by atoms with Crippen LogP contribution in [0.3, 0.4) is 0 Å². The molecule has 0 radical (unpaired) electrons. The van der Waals surface area contributed by atoms with E-state index in [1.807, 2.05) is 45.0 Å². The monoisotopic (exact) mass is 275 g/mol. The van der Waals surface area contributed by atoms with Crippen LogP contribution in [0.5, 0.6) is 0 Å². The van der Waals surface area contributed by atoms with Crippen LogP contribution in [-0.2, 0) is 9.59 Å². The molecule has 20 heavy (non-hydrogen) atoms. The van der Waals surface area contributed by atoms with Crippen LogP contribution in [-0.4, -0.2) is 34.5 Å². The molecule has 1 aromatic rings. The summed E-state index contributed by atoms with van der Waals surface area (Å²) in [5.74, 6) is -1.06. The van der Waals surface area contributed by atoms with Crippen LogP contribution in [0.4, 0.5) is 0 Å². The minimum Gasteiger partial charge on any atom is -0.481 e. The lowest BCUT2D eigenvalue weighted by atomic mass is 10.1. The number of hydrogen-bond acceptors (Lipinski definition) is 2. The maximum absolute atomic E-state index is 12.1. The average Bonchev–Trinajstić information content (AvgIpc) is 2.37. The second-order valence-corrected chi connectivity index (χ2v) is 5.01. The minimum atomic E-state index is -0.897. The second-order valence-electron chi connectivity index (χ2n) is 5.01. The Kier molecular flexibility index (Phi) is 5.97. The third-order valence-corrected chi connectivity index (χ3v) is 2.97. The lowest BCUT2D eigenvalue weighted by Crippen LogP contribution is -2.37. The zero-order valence-corrected chi connectivity index (χ0v) is 12.2. The first-order valence-corrected chi connectivity index (χ1v) is 6.67. The summed E-state index contributed by atoms with van der Waals surface area (Å²) in [6, 6.07) is 7.82. The molecule has 0 aromatic heterocycles. The maximum atomic E-state index is 12.1. The van der Waals surface area contributed by atoms with Crippen LogP contribution < -0.4 is 0 Å². The molecule has 108 valence electrons. The summed E-state index contributed by atoms with van der Waals surface area (Å²) in [7, 11) is 0. The largest absolute Gasteiger partial charge is 0.481 e. The molecule has 0 spiro atoms. The first-order chi connectivity index (χ1) is 9.40. The molecule has 1 rings (SSSR count). The summed E-state index contributed by atoms with van der Waals surface area (Å²) >= 11 is 0. The molecule has 4 heteroatoms. The van der Waals surface area contributed by atoms with Gasteiger partial charge in [-0.3, -0.25) is 9.59 Å². The minimum absolute atomic E-state index is 0.0236. The van der Waals surface area contributed by atoms with E-state index in [2.05, 4.69) is 0 Å². The van der Waals surface area contributed by atoms with E-state index >= 15 is 0 Å². The molecular weight excluding hydrogens is 254 g/mol. The van der Waals surface area contributed by atoms with Gasteiger partial charge in [-0.25, -0.2) is 0 Å². The van der Waals surface area contributed by atoms with Gasteiger partial charge in [0.1, 0.15) is 0 Å². The van der Waals surface area contributed by atoms with Gasteiger partial charge >= 0.3 is 5.97 Å². The molecule has 1 N–H and O–H groups in total. The van der Waals surface area contributed by atoms with Crippen molar-refractivity contribution < 1.29 is 14.7 Å². The predicted octanol–water partition coefficient (Wildman–Crippen LogP) is 2.72. The normalized spacial score (nSPS) is 11.0. The first-order valence-electron chi connectivity index (χ1n) is 6.67. The lowest BCUT2D eigenvalue weighted by molar-refractivity contribution is -0.138. The Morgan fingerprint density at radius 3 is 2.35 bits per heavy atom. The predicted molar refractivity (Wildman–Crippen MR) is 79.3 cm³/mol. The number of aliphatic carboxylic acids is 1. The van der Waals surface area contributed by atoms with Crippen LogP contribution >= 0.6 is 0 Å². The molecule has 0 fully saturated rings. The summed E-state index contributed by atoms with van der Waals surface area (Å²) < 4.78 is 0. The van der Waals surface area contributed by atoms with Crippen molar-refractivity contribution in [2.75, 3.05) is 6.54 Å². The van der Waals surface area contributed by atoms with Gasteiger partial charge in [0.15, 0.2) is 0 Å². The van der Waals surface area contributed by atoms with Crippen molar-refractivity contribution in [1.82, 2.24) is 4.90 Å². The van der Waals surface area contributed by atoms with E-state index < -0.39 is 5.97 Å². The van der Waals surface area contributed by atoms with E-state index in [1.54, 1.807) is 11.0 Å². The molecule has 0 heterocycles. The van der Waals surface area contributed by atoms with Crippen molar-refractivity contribution in [3.63, 3.8) is 0 Å². The van der Waals surface area contributed by atoms with Crippen molar-refractivity contribution in [3.05, 3.63) is 41.5 Å². The van der Waals surface area contributed by atoms with Gasteiger partial charge in [-0.15, -0.1) is 0 Å². The highest BCUT2D eigenvalue weighted by molar-refractivity contribution is 5.92. The Morgan fingerprint density at radius 1 is 1.25 bits per heavy atom. The number of carboxylic acids is 1. The standard InChI is InChI=1S/C16H21NO3/c1-12(2)17(11-10-16(19)20)15(18)9-8-14-6-4-13(3)5-7-14/h4-9,12H,10-11H2,1-3H3,(H,19,20)/b9-8+. The van der Waals surface area contributed by atoms with Gasteiger partial charge in [-0.2, -0.15) is 0 Å². The highest BCUT2D eigenvalue weighted by Crippen LogP contribution is 2.07. The average molecular weight is 275 g/mol. The van der Waals surface area contributed by atoms with Gasteiger partial charge in [0.25, 0.3) is 0 Å².